The van der Waals surface area contributed by atoms with Gasteiger partial charge in [-0.05, 0) is 63.0 Å². The second kappa shape index (κ2) is 4.20. The third-order valence-corrected chi connectivity index (χ3v) is 6.74. The van der Waals surface area contributed by atoms with Crippen molar-refractivity contribution in [3.8, 4) is 0 Å². The van der Waals surface area contributed by atoms with Crippen molar-refractivity contribution in [2.45, 2.75) is 75.6 Å². The molecule has 1 unspecified atom stereocenters. The fourth-order valence-electron chi connectivity index (χ4n) is 4.09. The van der Waals surface area contributed by atoms with Gasteiger partial charge in [0.15, 0.2) is 0 Å². The molecule has 0 aromatic heterocycles. The summed E-state index contributed by atoms with van der Waals surface area (Å²) in [5.41, 5.74) is 0.786. The van der Waals surface area contributed by atoms with Gasteiger partial charge < -0.3 is 5.32 Å². The Hall–Kier alpha value is 0.310. The fraction of sp³-hybridized carbons (Fsp3) is 1.00. The lowest BCUT2D eigenvalue weighted by Crippen LogP contribution is -2.53. The minimum atomic E-state index is 0.478. The average molecular weight is 239 g/mol. The molecule has 0 bridgehead atoms. The van der Waals surface area contributed by atoms with Crippen molar-refractivity contribution in [3.63, 3.8) is 0 Å². The van der Waals surface area contributed by atoms with E-state index in [9.17, 15) is 0 Å². The van der Waals surface area contributed by atoms with Gasteiger partial charge in [-0.3, -0.25) is 0 Å². The van der Waals surface area contributed by atoms with Crippen LogP contribution in [0.1, 0.15) is 64.7 Å². The van der Waals surface area contributed by atoms with Crippen LogP contribution in [0.3, 0.4) is 0 Å². The Kier molecular flexibility index (Phi) is 3.00. The van der Waals surface area contributed by atoms with Crippen LogP contribution in [0.15, 0.2) is 0 Å². The molecule has 2 aliphatic carbocycles. The average Bonchev–Trinajstić information content (AvgIpc) is 2.73. The van der Waals surface area contributed by atoms with Gasteiger partial charge in [-0.2, -0.15) is 0 Å². The highest BCUT2D eigenvalue weighted by atomic mass is 32.2. The minimum Gasteiger partial charge on any atom is -0.300 e. The Morgan fingerprint density at radius 2 is 1.69 bits per heavy atom. The minimum absolute atomic E-state index is 0.478. The summed E-state index contributed by atoms with van der Waals surface area (Å²) in [5.74, 6) is 1.38. The molecule has 2 heteroatoms. The first-order chi connectivity index (χ1) is 7.72. The zero-order valence-electron chi connectivity index (χ0n) is 10.6. The molecule has 1 nitrogen and oxygen atoms in total. The van der Waals surface area contributed by atoms with Gasteiger partial charge in [-0.1, -0.05) is 12.8 Å². The largest absolute Gasteiger partial charge is 0.300 e. The van der Waals surface area contributed by atoms with Gasteiger partial charge in [0.25, 0.3) is 0 Å². The second-order valence-corrected chi connectivity index (χ2v) is 7.86. The van der Waals surface area contributed by atoms with E-state index in [1.165, 1.54) is 63.5 Å². The van der Waals surface area contributed by atoms with Crippen molar-refractivity contribution in [3.05, 3.63) is 0 Å². The molecule has 0 radical (unpaired) electrons. The molecule has 1 saturated heterocycles. The summed E-state index contributed by atoms with van der Waals surface area (Å²) in [4.78, 5) is 0.478. The predicted octanol–water partition coefficient (Wildman–Crippen LogP) is 3.93. The molecule has 0 amide bonds. The van der Waals surface area contributed by atoms with Crippen molar-refractivity contribution in [1.82, 2.24) is 5.32 Å². The van der Waals surface area contributed by atoms with Crippen LogP contribution in [0.25, 0.3) is 0 Å². The molecule has 0 aromatic carbocycles. The van der Waals surface area contributed by atoms with E-state index in [1.54, 1.807) is 0 Å². The highest BCUT2D eigenvalue weighted by Crippen LogP contribution is 2.54. The van der Waals surface area contributed by atoms with E-state index >= 15 is 0 Å². The van der Waals surface area contributed by atoms with Crippen LogP contribution in [0.5, 0.6) is 0 Å². The zero-order chi connectivity index (χ0) is 11.1. The smallest absolute Gasteiger partial charge is 0.0647 e. The summed E-state index contributed by atoms with van der Waals surface area (Å²) in [6.07, 6.45) is 13.3. The lowest BCUT2D eigenvalue weighted by Gasteiger charge is -2.48. The van der Waals surface area contributed by atoms with Crippen molar-refractivity contribution < 1.29 is 0 Å². The highest BCUT2D eigenvalue weighted by molar-refractivity contribution is 8.00. The first kappa shape index (κ1) is 11.4. The van der Waals surface area contributed by atoms with Gasteiger partial charge >= 0.3 is 0 Å². The van der Waals surface area contributed by atoms with Crippen molar-refractivity contribution in [2.24, 2.45) is 5.41 Å². The van der Waals surface area contributed by atoms with Crippen LogP contribution in [0, 0.1) is 5.41 Å². The molecule has 0 aromatic rings. The van der Waals surface area contributed by atoms with E-state index < -0.39 is 0 Å². The number of rotatable bonds is 0. The summed E-state index contributed by atoms with van der Waals surface area (Å²) in [5, 5.41) is 3.90. The van der Waals surface area contributed by atoms with Gasteiger partial charge in [0, 0.05) is 6.04 Å². The zero-order valence-corrected chi connectivity index (χ0v) is 11.4. The summed E-state index contributed by atoms with van der Waals surface area (Å²) in [6.45, 7) is 2.36. The third kappa shape index (κ3) is 2.03. The Bertz CT molecular complexity index is 247. The molecule has 1 atom stereocenters. The molecule has 2 spiro atoms. The normalized spacial score (nSPS) is 36.9. The molecule has 1 heterocycles. The molecule has 3 rings (SSSR count). The van der Waals surface area contributed by atoms with Crippen LogP contribution < -0.4 is 5.32 Å². The molecular weight excluding hydrogens is 214 g/mol. The van der Waals surface area contributed by atoms with E-state index in [4.69, 9.17) is 0 Å². The van der Waals surface area contributed by atoms with Gasteiger partial charge in [0.1, 0.15) is 0 Å². The van der Waals surface area contributed by atoms with E-state index in [1.807, 2.05) is 0 Å². The number of hydrogen-bond acceptors (Lipinski definition) is 2. The Morgan fingerprint density at radius 1 is 1.00 bits per heavy atom. The van der Waals surface area contributed by atoms with Crippen LogP contribution in [0.2, 0.25) is 0 Å². The van der Waals surface area contributed by atoms with Crippen LogP contribution in [-0.4, -0.2) is 16.7 Å². The standard InChI is InChI=1S/C14H25NS/c1-12-4-11-16-14(15-12)9-7-13(8-10-14)5-2-3-6-13/h12,15H,2-11H2,1H3. The molecule has 3 aliphatic rings. The molecule has 1 N–H and O–H groups in total. The SMILES string of the molecule is CC1CCSC2(CCC3(CCCC3)CC2)N1. The van der Waals surface area contributed by atoms with Gasteiger partial charge in [-0.15, -0.1) is 11.8 Å². The lowest BCUT2D eigenvalue weighted by molar-refractivity contribution is 0.147. The second-order valence-electron chi connectivity index (χ2n) is 6.38. The number of nitrogens with one attached hydrogen (secondary N) is 1. The number of thioether (sulfide) groups is 1. The maximum atomic E-state index is 3.90. The summed E-state index contributed by atoms with van der Waals surface area (Å²) in [6, 6.07) is 0.749. The topological polar surface area (TPSA) is 12.0 Å². The van der Waals surface area contributed by atoms with Gasteiger partial charge in [-0.25, -0.2) is 0 Å². The maximum absolute atomic E-state index is 3.90. The lowest BCUT2D eigenvalue weighted by atomic mass is 9.71. The number of hydrogen-bond donors (Lipinski definition) is 1. The predicted molar refractivity (Wildman–Crippen MR) is 71.8 cm³/mol. The highest BCUT2D eigenvalue weighted by Gasteiger charge is 2.45. The summed E-state index contributed by atoms with van der Waals surface area (Å²) >= 11 is 2.22. The molecule has 16 heavy (non-hydrogen) atoms. The van der Waals surface area contributed by atoms with E-state index in [2.05, 4.69) is 24.0 Å². The van der Waals surface area contributed by atoms with E-state index in [0.717, 1.165) is 11.5 Å². The third-order valence-electron chi connectivity index (χ3n) is 5.22. The van der Waals surface area contributed by atoms with Crippen molar-refractivity contribution in [2.75, 3.05) is 5.75 Å². The van der Waals surface area contributed by atoms with Crippen molar-refractivity contribution >= 4 is 11.8 Å². The first-order valence-corrected chi connectivity index (χ1v) is 8.12. The van der Waals surface area contributed by atoms with Gasteiger partial charge in [0.2, 0.25) is 0 Å². The Balaban J connectivity index is 1.64. The molecule has 3 fully saturated rings. The molecular formula is C14H25NS. The first-order valence-electron chi connectivity index (χ1n) is 7.14. The van der Waals surface area contributed by atoms with E-state index in [-0.39, 0.29) is 0 Å². The molecule has 2 saturated carbocycles. The molecule has 92 valence electrons. The molecule has 1 aliphatic heterocycles. The summed E-state index contributed by atoms with van der Waals surface area (Å²) < 4.78 is 0. The fourth-order valence-corrected chi connectivity index (χ4v) is 5.73. The van der Waals surface area contributed by atoms with Crippen molar-refractivity contribution in [1.29, 1.82) is 0 Å². The Morgan fingerprint density at radius 3 is 2.31 bits per heavy atom. The van der Waals surface area contributed by atoms with Crippen LogP contribution in [0.4, 0.5) is 0 Å². The monoisotopic (exact) mass is 239 g/mol. The maximum Gasteiger partial charge on any atom is 0.0647 e. The van der Waals surface area contributed by atoms with Crippen LogP contribution >= 0.6 is 11.8 Å². The quantitative estimate of drug-likeness (QED) is 0.687. The van der Waals surface area contributed by atoms with Crippen LogP contribution in [-0.2, 0) is 0 Å². The van der Waals surface area contributed by atoms with Gasteiger partial charge in [0.05, 0.1) is 4.87 Å². The Labute approximate surface area is 104 Å². The van der Waals surface area contributed by atoms with E-state index in [0.29, 0.717) is 4.87 Å². The summed E-state index contributed by atoms with van der Waals surface area (Å²) in [7, 11) is 0.